The molecule has 8 nitrogen and oxygen atoms in total. The number of benzene rings is 1. The Balaban J connectivity index is 1.85. The Bertz CT molecular complexity index is 757. The number of amides is 1. The first-order valence-corrected chi connectivity index (χ1v) is 8.48. The fourth-order valence-corrected chi connectivity index (χ4v) is 2.20. The Hall–Kier alpha value is -2.13. The quantitative estimate of drug-likeness (QED) is 0.799. The monoisotopic (exact) mass is 343 g/mol. The molecular weight excluding hydrogens is 330 g/mol. The Labute approximate surface area is 132 Å². The van der Waals surface area contributed by atoms with Crippen molar-refractivity contribution >= 4 is 33.3 Å². The maximum absolute atomic E-state index is 11.8. The molecule has 1 amide bonds. The average molecular weight is 344 g/mol. The normalized spacial score (nSPS) is 11.2. The van der Waals surface area contributed by atoms with E-state index in [9.17, 15) is 13.2 Å². The van der Waals surface area contributed by atoms with Gasteiger partial charge in [-0.25, -0.2) is 8.42 Å². The molecule has 10 heteroatoms. The minimum absolute atomic E-state index is 0.0630. The Kier molecular flexibility index (Phi) is 4.99. The van der Waals surface area contributed by atoms with Crippen molar-refractivity contribution in [1.29, 1.82) is 0 Å². The molecule has 2 aromatic rings. The Morgan fingerprint density at radius 1 is 1.32 bits per heavy atom. The minimum Gasteiger partial charge on any atom is -0.350 e. The molecule has 0 atom stereocenters. The van der Waals surface area contributed by atoms with Gasteiger partial charge in [0.25, 0.3) is 0 Å². The van der Waals surface area contributed by atoms with Crippen molar-refractivity contribution in [2.24, 2.45) is 0 Å². The zero-order valence-corrected chi connectivity index (χ0v) is 13.2. The molecule has 0 radical (unpaired) electrons. The highest BCUT2D eigenvalue weighted by Gasteiger charge is 2.09. The maximum atomic E-state index is 11.8. The van der Waals surface area contributed by atoms with E-state index in [0.717, 1.165) is 16.6 Å². The minimum atomic E-state index is -3.42. The van der Waals surface area contributed by atoms with Crippen LogP contribution < -0.4 is 10.0 Å². The molecule has 1 aromatic heterocycles. The molecule has 1 heterocycles. The molecule has 0 aliphatic carbocycles. The summed E-state index contributed by atoms with van der Waals surface area (Å²) in [6.45, 7) is 0.241. The molecule has 0 saturated heterocycles. The fourth-order valence-electron chi connectivity index (χ4n) is 1.60. The van der Waals surface area contributed by atoms with Gasteiger partial charge in [-0.15, -0.1) is 5.10 Å². The summed E-state index contributed by atoms with van der Waals surface area (Å²) in [5.41, 5.74) is 0.908. The molecule has 2 rings (SSSR count). The number of sulfonamides is 1. The summed E-state index contributed by atoms with van der Waals surface area (Å²) in [6, 6.07) is 7.09. The predicted molar refractivity (Wildman–Crippen MR) is 81.8 cm³/mol. The van der Waals surface area contributed by atoms with E-state index in [0.29, 0.717) is 11.6 Å². The van der Waals surface area contributed by atoms with Crippen LogP contribution in [0.5, 0.6) is 0 Å². The summed E-state index contributed by atoms with van der Waals surface area (Å²) < 4.78 is 24.2. The van der Waals surface area contributed by atoms with Gasteiger partial charge in [0, 0.05) is 11.6 Å². The van der Waals surface area contributed by atoms with Gasteiger partial charge in [0.05, 0.1) is 12.5 Å². The van der Waals surface area contributed by atoms with Crippen molar-refractivity contribution in [2.45, 2.75) is 13.1 Å². The van der Waals surface area contributed by atoms with E-state index in [1.165, 1.54) is 6.20 Å². The second-order valence-electron chi connectivity index (χ2n) is 4.54. The van der Waals surface area contributed by atoms with Crippen LogP contribution in [-0.4, -0.2) is 35.6 Å². The van der Waals surface area contributed by atoms with Gasteiger partial charge in [-0.2, -0.15) is 9.90 Å². The zero-order valence-electron chi connectivity index (χ0n) is 11.7. The topological polar surface area (TPSA) is 106 Å². The number of halogens is 1. The molecule has 22 heavy (non-hydrogen) atoms. The summed E-state index contributed by atoms with van der Waals surface area (Å²) in [4.78, 5) is 12.9. The number of carbonyl (C=O) groups excluding carboxylic acids is 1. The van der Waals surface area contributed by atoms with Crippen molar-refractivity contribution in [3.05, 3.63) is 41.0 Å². The molecule has 2 N–H and O–H groups in total. The third-order valence-electron chi connectivity index (χ3n) is 2.51. The molecule has 0 aliphatic heterocycles. The highest BCUT2D eigenvalue weighted by molar-refractivity contribution is 7.92. The highest BCUT2D eigenvalue weighted by atomic mass is 35.5. The Morgan fingerprint density at radius 3 is 2.64 bits per heavy atom. The van der Waals surface area contributed by atoms with Crippen LogP contribution in [0.1, 0.15) is 5.56 Å². The van der Waals surface area contributed by atoms with E-state index < -0.39 is 10.0 Å². The Morgan fingerprint density at radius 2 is 2.00 bits per heavy atom. The lowest BCUT2D eigenvalue weighted by Crippen LogP contribution is -2.28. The maximum Gasteiger partial charge on any atom is 0.243 e. The van der Waals surface area contributed by atoms with Gasteiger partial charge in [0.15, 0.2) is 5.82 Å². The number of nitrogens with zero attached hydrogens (tertiary/aromatic N) is 3. The van der Waals surface area contributed by atoms with E-state index in [1.54, 1.807) is 12.1 Å². The van der Waals surface area contributed by atoms with Crippen LogP contribution in [0.3, 0.4) is 0 Å². The second-order valence-corrected chi connectivity index (χ2v) is 6.72. The van der Waals surface area contributed by atoms with Crippen LogP contribution in [0.25, 0.3) is 0 Å². The van der Waals surface area contributed by atoms with Gasteiger partial charge < -0.3 is 5.32 Å². The number of nitrogens with one attached hydrogen (secondary N) is 2. The summed E-state index contributed by atoms with van der Waals surface area (Å²) in [5, 5.41) is 11.0. The summed E-state index contributed by atoms with van der Waals surface area (Å²) >= 11 is 5.77. The lowest BCUT2D eigenvalue weighted by Gasteiger charge is -2.05. The standard InChI is InChI=1S/C12H14ClN5O3S/c1-22(20,21)17-11-7-15-18(16-11)8-12(19)14-6-9-2-4-10(13)5-3-9/h2-5,7H,6,8H2,1H3,(H,14,19)(H,16,17). The lowest BCUT2D eigenvalue weighted by molar-refractivity contribution is -0.122. The smallest absolute Gasteiger partial charge is 0.243 e. The first-order chi connectivity index (χ1) is 10.3. The van der Waals surface area contributed by atoms with Gasteiger partial charge in [-0.1, -0.05) is 23.7 Å². The van der Waals surface area contributed by atoms with Crippen LogP contribution >= 0.6 is 11.6 Å². The van der Waals surface area contributed by atoms with Gasteiger partial charge in [-0.3, -0.25) is 9.52 Å². The van der Waals surface area contributed by atoms with Gasteiger partial charge in [0.2, 0.25) is 15.9 Å². The van der Waals surface area contributed by atoms with Crippen LogP contribution in [0.2, 0.25) is 5.02 Å². The lowest BCUT2D eigenvalue weighted by atomic mass is 10.2. The first-order valence-electron chi connectivity index (χ1n) is 6.21. The van der Waals surface area contributed by atoms with Crippen molar-refractivity contribution in [3.63, 3.8) is 0 Å². The van der Waals surface area contributed by atoms with Gasteiger partial charge in [-0.05, 0) is 17.7 Å². The molecule has 1 aromatic carbocycles. The number of rotatable bonds is 6. The van der Waals surface area contributed by atoms with Gasteiger partial charge >= 0.3 is 0 Å². The second kappa shape index (κ2) is 6.75. The number of aromatic nitrogens is 3. The van der Waals surface area contributed by atoms with E-state index >= 15 is 0 Å². The fraction of sp³-hybridized carbons (Fsp3) is 0.250. The first kappa shape index (κ1) is 16.2. The van der Waals surface area contributed by atoms with Crippen molar-refractivity contribution < 1.29 is 13.2 Å². The van der Waals surface area contributed by atoms with Crippen LogP contribution in [0, 0.1) is 0 Å². The summed E-state index contributed by atoms with van der Waals surface area (Å²) in [5.74, 6) is -0.232. The third kappa shape index (κ3) is 5.34. The van der Waals surface area contributed by atoms with Crippen LogP contribution in [0.15, 0.2) is 30.5 Å². The predicted octanol–water partition coefficient (Wildman–Crippen LogP) is 0.619. The molecule has 0 bridgehead atoms. The highest BCUT2D eigenvalue weighted by Crippen LogP contribution is 2.09. The van der Waals surface area contributed by atoms with Crippen molar-refractivity contribution in [1.82, 2.24) is 20.3 Å². The summed E-state index contributed by atoms with van der Waals surface area (Å²) in [7, 11) is -3.42. The molecule has 118 valence electrons. The largest absolute Gasteiger partial charge is 0.350 e. The van der Waals surface area contributed by atoms with Gasteiger partial charge in [0.1, 0.15) is 6.54 Å². The number of hydrogen-bond acceptors (Lipinski definition) is 5. The van der Waals surface area contributed by atoms with E-state index in [-0.39, 0.29) is 18.3 Å². The number of carbonyl (C=O) groups is 1. The molecule has 0 aliphatic rings. The van der Waals surface area contributed by atoms with E-state index in [4.69, 9.17) is 11.6 Å². The van der Waals surface area contributed by atoms with Crippen LogP contribution in [-0.2, 0) is 27.9 Å². The molecular formula is C12H14ClN5O3S. The van der Waals surface area contributed by atoms with E-state index in [1.807, 2.05) is 12.1 Å². The molecule has 0 spiro atoms. The number of anilines is 1. The average Bonchev–Trinajstić information content (AvgIpc) is 2.83. The molecule has 0 saturated carbocycles. The number of hydrogen-bond donors (Lipinski definition) is 2. The third-order valence-corrected chi connectivity index (χ3v) is 3.35. The zero-order chi connectivity index (χ0) is 16.2. The SMILES string of the molecule is CS(=O)(=O)Nc1cnn(CC(=O)NCc2ccc(Cl)cc2)n1. The van der Waals surface area contributed by atoms with Crippen molar-refractivity contribution in [2.75, 3.05) is 11.0 Å². The van der Waals surface area contributed by atoms with Crippen molar-refractivity contribution in [3.8, 4) is 0 Å². The van der Waals surface area contributed by atoms with E-state index in [2.05, 4.69) is 20.2 Å². The van der Waals surface area contributed by atoms with Crippen LogP contribution in [0.4, 0.5) is 5.82 Å². The summed E-state index contributed by atoms with van der Waals surface area (Å²) in [6.07, 6.45) is 2.23. The molecule has 0 fully saturated rings. The molecule has 0 unspecified atom stereocenters.